The number of hydrogen-bond donors (Lipinski definition) is 1. The lowest BCUT2D eigenvalue weighted by Crippen LogP contribution is -2.29. The van der Waals surface area contributed by atoms with Crippen molar-refractivity contribution in [3.63, 3.8) is 0 Å². The van der Waals surface area contributed by atoms with Crippen molar-refractivity contribution in [2.45, 2.75) is 31.7 Å². The molecule has 1 unspecified atom stereocenters. The predicted molar refractivity (Wildman–Crippen MR) is 143 cm³/mol. The van der Waals surface area contributed by atoms with E-state index in [4.69, 9.17) is 11.6 Å². The maximum atomic E-state index is 13.6. The maximum Gasteiger partial charge on any atom is 0.300 e. The topological polar surface area (TPSA) is 57.6 Å². The Bertz CT molecular complexity index is 1570. The van der Waals surface area contributed by atoms with E-state index >= 15 is 0 Å². The molecule has 1 fully saturated rings. The Morgan fingerprint density at radius 2 is 1.58 bits per heavy atom. The standard InChI is InChI=1S/C31H24ClNO3/c32-23-11-6-12-24(18-23)33-28(26-14-5-10-20-8-3-4-13-25(20)26)27(30(35)31(33)36)29(34)22-16-15-19-7-1-2-9-21(19)17-22/h3-6,8,10-18,28,34H,1-2,7,9H2/b29-27-. The minimum absolute atomic E-state index is 0.0899. The van der Waals surface area contributed by atoms with Crippen molar-refractivity contribution < 1.29 is 14.7 Å². The van der Waals surface area contributed by atoms with Gasteiger partial charge in [-0.1, -0.05) is 72.3 Å². The van der Waals surface area contributed by atoms with Crippen LogP contribution in [0.15, 0.2) is 90.5 Å². The minimum Gasteiger partial charge on any atom is -0.507 e. The van der Waals surface area contributed by atoms with Gasteiger partial charge in [-0.25, -0.2) is 0 Å². The first kappa shape index (κ1) is 22.6. The van der Waals surface area contributed by atoms with Crippen molar-refractivity contribution >= 4 is 45.5 Å². The SMILES string of the molecule is O=C1C(=O)N(c2cccc(Cl)c2)C(c2cccc3ccccc23)/C1=C(/O)c1ccc2c(c1)CCCC2. The van der Waals surface area contributed by atoms with E-state index in [1.54, 1.807) is 24.3 Å². The molecule has 1 heterocycles. The van der Waals surface area contributed by atoms with Crippen LogP contribution in [0.4, 0.5) is 5.69 Å². The average Bonchev–Trinajstić information content (AvgIpc) is 3.17. The number of aliphatic hydroxyl groups excluding tert-OH is 1. The van der Waals surface area contributed by atoms with E-state index in [2.05, 4.69) is 0 Å². The molecule has 6 rings (SSSR count). The Labute approximate surface area is 214 Å². The smallest absolute Gasteiger partial charge is 0.300 e. The summed E-state index contributed by atoms with van der Waals surface area (Å²) in [5.41, 5.74) is 4.40. The molecule has 0 bridgehead atoms. The van der Waals surface area contributed by atoms with Crippen LogP contribution in [0.5, 0.6) is 0 Å². The molecule has 1 aliphatic carbocycles. The Kier molecular flexibility index (Phi) is 5.62. The van der Waals surface area contributed by atoms with Gasteiger partial charge < -0.3 is 5.11 Å². The number of rotatable bonds is 3. The summed E-state index contributed by atoms with van der Waals surface area (Å²) >= 11 is 6.27. The third kappa shape index (κ3) is 3.69. The van der Waals surface area contributed by atoms with Crippen molar-refractivity contribution in [1.82, 2.24) is 0 Å². The first-order valence-electron chi connectivity index (χ1n) is 12.2. The third-order valence-corrected chi connectivity index (χ3v) is 7.51. The third-order valence-electron chi connectivity index (χ3n) is 7.27. The average molecular weight is 494 g/mol. The molecule has 0 aromatic heterocycles. The quantitative estimate of drug-likeness (QED) is 0.190. The number of benzene rings is 4. The largest absolute Gasteiger partial charge is 0.507 e. The number of carbonyl (C=O) groups excluding carboxylic acids is 2. The lowest BCUT2D eigenvalue weighted by atomic mass is 9.88. The van der Waals surface area contributed by atoms with Gasteiger partial charge in [-0.15, -0.1) is 0 Å². The highest BCUT2D eigenvalue weighted by molar-refractivity contribution is 6.52. The van der Waals surface area contributed by atoms with Gasteiger partial charge >= 0.3 is 0 Å². The molecule has 1 saturated heterocycles. The highest BCUT2D eigenvalue weighted by Gasteiger charge is 2.47. The molecule has 36 heavy (non-hydrogen) atoms. The number of aliphatic hydroxyl groups is 1. The number of aryl methyl sites for hydroxylation is 2. The van der Waals surface area contributed by atoms with E-state index in [1.807, 2.05) is 60.7 Å². The highest BCUT2D eigenvalue weighted by Crippen LogP contribution is 2.44. The van der Waals surface area contributed by atoms with Crippen LogP contribution < -0.4 is 4.90 Å². The summed E-state index contributed by atoms with van der Waals surface area (Å²) in [6, 6.07) is 25.6. The Balaban J connectivity index is 1.60. The molecular formula is C31H24ClNO3. The zero-order valence-corrected chi connectivity index (χ0v) is 20.3. The molecular weight excluding hydrogens is 470 g/mol. The van der Waals surface area contributed by atoms with E-state index in [0.29, 0.717) is 16.3 Å². The lowest BCUT2D eigenvalue weighted by molar-refractivity contribution is -0.132. The van der Waals surface area contributed by atoms with Crippen molar-refractivity contribution in [2.75, 3.05) is 4.90 Å². The second-order valence-corrected chi connectivity index (χ2v) is 9.84. The van der Waals surface area contributed by atoms with Gasteiger partial charge in [0, 0.05) is 16.3 Å². The number of ketones is 1. The fourth-order valence-corrected chi connectivity index (χ4v) is 5.73. The lowest BCUT2D eigenvalue weighted by Gasteiger charge is -2.26. The predicted octanol–water partition coefficient (Wildman–Crippen LogP) is 7.00. The zero-order chi connectivity index (χ0) is 24.8. The van der Waals surface area contributed by atoms with E-state index < -0.39 is 17.7 Å². The molecule has 178 valence electrons. The molecule has 5 heteroatoms. The molecule has 4 nitrogen and oxygen atoms in total. The molecule has 4 aromatic rings. The summed E-state index contributed by atoms with van der Waals surface area (Å²) < 4.78 is 0. The number of hydrogen-bond acceptors (Lipinski definition) is 3. The fraction of sp³-hybridized carbons (Fsp3) is 0.161. The Hall–Kier alpha value is -3.89. The van der Waals surface area contributed by atoms with Crippen LogP contribution in [0.2, 0.25) is 5.02 Å². The van der Waals surface area contributed by atoms with Gasteiger partial charge in [0.25, 0.3) is 11.7 Å². The van der Waals surface area contributed by atoms with E-state index in [1.165, 1.54) is 16.0 Å². The van der Waals surface area contributed by atoms with E-state index in [-0.39, 0.29) is 11.3 Å². The summed E-state index contributed by atoms with van der Waals surface area (Å²) in [5.74, 6) is -1.54. The number of amides is 1. The van der Waals surface area contributed by atoms with Crippen LogP contribution in [0.25, 0.3) is 16.5 Å². The van der Waals surface area contributed by atoms with Crippen molar-refractivity contribution in [3.8, 4) is 0 Å². The van der Waals surface area contributed by atoms with Gasteiger partial charge in [0.2, 0.25) is 0 Å². The monoisotopic (exact) mass is 493 g/mol. The van der Waals surface area contributed by atoms with Crippen molar-refractivity contribution in [3.05, 3.63) is 118 Å². The molecule has 0 radical (unpaired) electrons. The number of fused-ring (bicyclic) bond motifs is 2. The number of nitrogens with zero attached hydrogens (tertiary/aromatic N) is 1. The van der Waals surface area contributed by atoms with Crippen LogP contribution in [0, 0.1) is 0 Å². The van der Waals surface area contributed by atoms with E-state index in [0.717, 1.165) is 42.0 Å². The number of carbonyl (C=O) groups is 2. The molecule has 1 amide bonds. The Morgan fingerprint density at radius 1 is 0.833 bits per heavy atom. The second kappa shape index (κ2) is 8.96. The number of Topliss-reactive ketones (excluding diaryl/α,β-unsaturated/α-hetero) is 1. The minimum atomic E-state index is -0.800. The summed E-state index contributed by atoms with van der Waals surface area (Å²) in [7, 11) is 0. The molecule has 4 aromatic carbocycles. The summed E-state index contributed by atoms with van der Waals surface area (Å²) in [6.07, 6.45) is 4.22. The van der Waals surface area contributed by atoms with Crippen LogP contribution in [0.3, 0.4) is 0 Å². The van der Waals surface area contributed by atoms with Gasteiger partial charge in [-0.2, -0.15) is 0 Å². The van der Waals surface area contributed by atoms with Crippen molar-refractivity contribution in [2.24, 2.45) is 0 Å². The van der Waals surface area contributed by atoms with Crippen molar-refractivity contribution in [1.29, 1.82) is 0 Å². The first-order chi connectivity index (χ1) is 17.5. The van der Waals surface area contributed by atoms with Gasteiger partial charge in [0.05, 0.1) is 11.6 Å². The van der Waals surface area contributed by atoms with Crippen LogP contribution >= 0.6 is 11.6 Å². The Morgan fingerprint density at radius 3 is 2.42 bits per heavy atom. The van der Waals surface area contributed by atoms with Gasteiger partial charge in [-0.05, 0) is 77.4 Å². The van der Waals surface area contributed by atoms with Gasteiger partial charge in [0.15, 0.2) is 0 Å². The second-order valence-electron chi connectivity index (χ2n) is 9.41. The molecule has 0 saturated carbocycles. The first-order valence-corrected chi connectivity index (χ1v) is 12.6. The number of halogens is 1. The summed E-state index contributed by atoms with van der Waals surface area (Å²) in [6.45, 7) is 0. The van der Waals surface area contributed by atoms with Crippen LogP contribution in [-0.4, -0.2) is 16.8 Å². The van der Waals surface area contributed by atoms with Crippen LogP contribution in [0.1, 0.15) is 41.1 Å². The summed E-state index contributed by atoms with van der Waals surface area (Å²) in [4.78, 5) is 28.5. The maximum absolute atomic E-state index is 13.6. The van der Waals surface area contributed by atoms with E-state index in [9.17, 15) is 14.7 Å². The fourth-order valence-electron chi connectivity index (χ4n) is 5.54. The molecule has 1 N–H and O–H groups in total. The molecule has 1 aliphatic heterocycles. The normalized spacial score (nSPS) is 19.0. The summed E-state index contributed by atoms with van der Waals surface area (Å²) in [5, 5.41) is 13.9. The molecule has 2 aliphatic rings. The highest BCUT2D eigenvalue weighted by atomic mass is 35.5. The number of anilines is 1. The van der Waals surface area contributed by atoms with Gasteiger partial charge in [-0.3, -0.25) is 14.5 Å². The van der Waals surface area contributed by atoms with Gasteiger partial charge in [0.1, 0.15) is 5.76 Å². The zero-order valence-electron chi connectivity index (χ0n) is 19.6. The van der Waals surface area contributed by atoms with Crippen LogP contribution in [-0.2, 0) is 22.4 Å². The molecule has 1 atom stereocenters. The molecule has 0 spiro atoms.